The van der Waals surface area contributed by atoms with Gasteiger partial charge >= 0.3 is 0 Å². The third-order valence-electron chi connectivity index (χ3n) is 6.31. The van der Waals surface area contributed by atoms with Crippen LogP contribution in [0.4, 0.5) is 15.8 Å². The monoisotopic (exact) mass is 540 g/mol. The molecule has 5 N–H and O–H groups in total. The lowest BCUT2D eigenvalue weighted by molar-refractivity contribution is -0.127. The predicted molar refractivity (Wildman–Crippen MR) is 147 cm³/mol. The number of benzene rings is 2. The molecule has 0 unspecified atom stereocenters. The number of carbonyl (C=O) groups excluding carboxylic acids is 3. The molecular weight excluding hydrogens is 507 g/mol. The van der Waals surface area contributed by atoms with Gasteiger partial charge < -0.3 is 26.6 Å². The van der Waals surface area contributed by atoms with Crippen molar-refractivity contribution in [2.45, 2.75) is 45.3 Å². The molecule has 1 heterocycles. The van der Waals surface area contributed by atoms with Crippen LogP contribution in [-0.2, 0) is 11.3 Å². The fourth-order valence-corrected chi connectivity index (χ4v) is 4.51. The summed E-state index contributed by atoms with van der Waals surface area (Å²) in [5, 5.41) is 3.04. The molecule has 0 fully saturated rings. The van der Waals surface area contributed by atoms with E-state index in [-0.39, 0.29) is 22.8 Å². The van der Waals surface area contributed by atoms with E-state index in [2.05, 4.69) is 9.69 Å². The van der Waals surface area contributed by atoms with Gasteiger partial charge in [0.2, 0.25) is 5.91 Å². The van der Waals surface area contributed by atoms with Crippen molar-refractivity contribution < 1.29 is 18.8 Å². The van der Waals surface area contributed by atoms with Gasteiger partial charge in [-0.05, 0) is 67.2 Å². The summed E-state index contributed by atoms with van der Waals surface area (Å²) in [6.07, 6.45) is 0.653. The number of nitrogens with zero attached hydrogens (tertiary/aromatic N) is 3. The molecule has 3 rings (SSSR count). The summed E-state index contributed by atoms with van der Waals surface area (Å²) in [7, 11) is 3.80. The summed E-state index contributed by atoms with van der Waals surface area (Å²) in [5.74, 6) is -2.30. The van der Waals surface area contributed by atoms with Crippen LogP contribution in [0.25, 0.3) is 0 Å². The number of aromatic nitrogens is 1. The summed E-state index contributed by atoms with van der Waals surface area (Å²) in [4.78, 5) is 42.9. The first-order chi connectivity index (χ1) is 17.8. The molecule has 0 saturated heterocycles. The van der Waals surface area contributed by atoms with E-state index < -0.39 is 35.1 Å². The van der Waals surface area contributed by atoms with Gasteiger partial charge in [0.1, 0.15) is 16.7 Å². The van der Waals surface area contributed by atoms with E-state index in [0.717, 1.165) is 17.2 Å². The summed E-state index contributed by atoms with van der Waals surface area (Å²) < 4.78 is 17.6. The second-order valence-electron chi connectivity index (χ2n) is 9.81. The van der Waals surface area contributed by atoms with Crippen molar-refractivity contribution in [3.05, 3.63) is 76.0 Å². The highest BCUT2D eigenvalue weighted by atomic mass is 32.1. The Morgan fingerprint density at radius 2 is 1.68 bits per heavy atom. The van der Waals surface area contributed by atoms with Gasteiger partial charge in [-0.2, -0.15) is 4.37 Å². The van der Waals surface area contributed by atoms with Crippen LogP contribution in [0, 0.1) is 5.82 Å². The Bertz CT molecular complexity index is 1310. The maximum atomic E-state index is 14.0. The van der Waals surface area contributed by atoms with Gasteiger partial charge in [0.25, 0.3) is 11.8 Å². The highest BCUT2D eigenvalue weighted by Gasteiger charge is 2.36. The van der Waals surface area contributed by atoms with E-state index in [0.29, 0.717) is 17.5 Å². The molecule has 3 amide bonds. The molecule has 11 heteroatoms. The predicted octanol–water partition coefficient (Wildman–Crippen LogP) is 3.72. The molecule has 0 bridgehead atoms. The van der Waals surface area contributed by atoms with E-state index in [4.69, 9.17) is 11.5 Å². The third kappa shape index (κ3) is 6.46. The number of nitrogens with two attached hydrogens (primary N) is 2. The Morgan fingerprint density at radius 1 is 1.08 bits per heavy atom. The molecule has 202 valence electrons. The molecular formula is C27H33FN6O3S. The molecule has 38 heavy (non-hydrogen) atoms. The maximum Gasteiger partial charge on any atom is 0.270 e. The summed E-state index contributed by atoms with van der Waals surface area (Å²) in [6.45, 7) is 5.70. The van der Waals surface area contributed by atoms with Crippen LogP contribution in [-0.4, -0.2) is 46.6 Å². The van der Waals surface area contributed by atoms with Crippen LogP contribution < -0.4 is 21.7 Å². The number of hydrogen-bond donors (Lipinski definition) is 3. The van der Waals surface area contributed by atoms with Crippen molar-refractivity contribution in [3.8, 4) is 0 Å². The van der Waals surface area contributed by atoms with E-state index in [1.54, 1.807) is 24.3 Å². The molecule has 0 spiro atoms. The molecule has 0 aliphatic carbocycles. The van der Waals surface area contributed by atoms with Crippen LogP contribution in [0.15, 0.2) is 48.5 Å². The zero-order valence-electron chi connectivity index (χ0n) is 22.1. The Hall–Kier alpha value is -3.99. The van der Waals surface area contributed by atoms with Crippen molar-refractivity contribution in [3.63, 3.8) is 0 Å². The number of primary amides is 1. The SMILES string of the molecule is CCC(C)(C)NC(=O)[C@@H](c1ccc(N(C)C)cc1)N(Cc1ccc(F)cc1)C(=O)c1snc(C(N)=O)c1N. The van der Waals surface area contributed by atoms with Crippen molar-refractivity contribution in [1.29, 1.82) is 0 Å². The van der Waals surface area contributed by atoms with E-state index in [1.807, 2.05) is 51.9 Å². The number of nitrogens with one attached hydrogen (secondary N) is 1. The smallest absolute Gasteiger partial charge is 0.270 e. The van der Waals surface area contributed by atoms with Crippen LogP contribution >= 0.6 is 11.5 Å². The largest absolute Gasteiger partial charge is 0.395 e. The third-order valence-corrected chi connectivity index (χ3v) is 7.16. The first kappa shape index (κ1) is 28.6. The van der Waals surface area contributed by atoms with Crippen LogP contribution in [0.3, 0.4) is 0 Å². The topological polar surface area (TPSA) is 135 Å². The second kappa shape index (κ2) is 11.6. The lowest BCUT2D eigenvalue weighted by atomic mass is 9.98. The molecule has 1 aromatic heterocycles. The summed E-state index contributed by atoms with van der Waals surface area (Å²) >= 11 is 0.737. The average Bonchev–Trinajstić information content (AvgIpc) is 3.26. The highest BCUT2D eigenvalue weighted by molar-refractivity contribution is 7.09. The fourth-order valence-electron chi connectivity index (χ4n) is 3.74. The van der Waals surface area contributed by atoms with E-state index in [1.165, 1.54) is 17.0 Å². The molecule has 0 aliphatic heterocycles. The van der Waals surface area contributed by atoms with Gasteiger partial charge in [0, 0.05) is 31.9 Å². The van der Waals surface area contributed by atoms with Gasteiger partial charge in [-0.15, -0.1) is 0 Å². The minimum absolute atomic E-state index is 0.0154. The molecule has 0 saturated carbocycles. The Labute approximate surface area is 225 Å². The minimum atomic E-state index is -1.08. The van der Waals surface area contributed by atoms with Gasteiger partial charge in [-0.1, -0.05) is 31.2 Å². The van der Waals surface area contributed by atoms with Gasteiger partial charge in [-0.3, -0.25) is 14.4 Å². The van der Waals surface area contributed by atoms with Gasteiger partial charge in [0.15, 0.2) is 5.69 Å². The van der Waals surface area contributed by atoms with Crippen LogP contribution in [0.1, 0.15) is 64.5 Å². The summed E-state index contributed by atoms with van der Waals surface area (Å²) in [5.41, 5.74) is 12.6. The number of hydrogen-bond acceptors (Lipinski definition) is 7. The molecule has 0 radical (unpaired) electrons. The standard InChI is InChI=1S/C27H33FN6O3S/c1-6-27(2,3)31-25(36)22(17-9-13-19(14-10-17)33(4)5)34(15-16-7-11-18(28)12-8-16)26(37)23-20(29)21(24(30)35)32-38-23/h7-14,22H,6,15,29H2,1-5H3,(H2,30,35)(H,31,36)/t22-/m1/s1. The molecule has 2 aromatic carbocycles. The zero-order valence-corrected chi connectivity index (χ0v) is 22.9. The van der Waals surface area contributed by atoms with Crippen LogP contribution in [0.2, 0.25) is 0 Å². The van der Waals surface area contributed by atoms with Gasteiger partial charge in [0.05, 0.1) is 5.69 Å². The molecule has 0 aliphatic rings. The average molecular weight is 541 g/mol. The lowest BCUT2D eigenvalue weighted by Gasteiger charge is -2.34. The van der Waals surface area contributed by atoms with Crippen LogP contribution in [0.5, 0.6) is 0 Å². The number of rotatable bonds is 10. The Balaban J connectivity index is 2.17. The first-order valence-corrected chi connectivity index (χ1v) is 12.8. The number of anilines is 2. The summed E-state index contributed by atoms with van der Waals surface area (Å²) in [6, 6.07) is 11.9. The minimum Gasteiger partial charge on any atom is -0.395 e. The Kier molecular flexibility index (Phi) is 8.72. The molecule has 3 aromatic rings. The van der Waals surface area contributed by atoms with Gasteiger partial charge in [-0.25, -0.2) is 4.39 Å². The van der Waals surface area contributed by atoms with Crippen molar-refractivity contribution in [1.82, 2.24) is 14.6 Å². The maximum absolute atomic E-state index is 14.0. The lowest BCUT2D eigenvalue weighted by Crippen LogP contribution is -2.50. The molecule has 1 atom stereocenters. The fraction of sp³-hybridized carbons (Fsp3) is 0.333. The first-order valence-electron chi connectivity index (χ1n) is 12.0. The number of carbonyl (C=O) groups is 3. The molecule has 9 nitrogen and oxygen atoms in total. The van der Waals surface area contributed by atoms with Crippen molar-refractivity contribution in [2.24, 2.45) is 5.73 Å². The highest BCUT2D eigenvalue weighted by Crippen LogP contribution is 2.31. The quantitative estimate of drug-likeness (QED) is 0.359. The number of nitrogen functional groups attached to an aromatic ring is 1. The number of halogens is 1. The van der Waals surface area contributed by atoms with E-state index >= 15 is 0 Å². The van der Waals surface area contributed by atoms with Crippen molar-refractivity contribution in [2.75, 3.05) is 24.7 Å². The van der Waals surface area contributed by atoms with Crippen molar-refractivity contribution >= 4 is 40.6 Å². The normalized spacial score (nSPS) is 12.1. The van der Waals surface area contributed by atoms with E-state index in [9.17, 15) is 18.8 Å². The number of amides is 3. The second-order valence-corrected chi connectivity index (χ2v) is 10.6. The zero-order chi connectivity index (χ0) is 28.2. The Morgan fingerprint density at radius 3 is 2.18 bits per heavy atom.